The first-order valence-electron chi connectivity index (χ1n) is 9.11. The molecule has 2 aromatic carbocycles. The van der Waals surface area contributed by atoms with E-state index in [0.717, 1.165) is 23.2 Å². The third-order valence-corrected chi connectivity index (χ3v) is 5.57. The molecule has 0 aromatic heterocycles. The highest BCUT2D eigenvalue weighted by molar-refractivity contribution is 8.18. The van der Waals surface area contributed by atoms with Crippen molar-refractivity contribution in [3.05, 3.63) is 70.1 Å². The molecule has 1 amide bonds. The average molecular weight is 394 g/mol. The number of hydrogen-bond donors (Lipinski definition) is 1. The molecule has 1 aliphatic heterocycles. The Morgan fingerprint density at radius 2 is 1.82 bits per heavy atom. The van der Waals surface area contributed by atoms with Gasteiger partial charge in [-0.05, 0) is 67.9 Å². The van der Waals surface area contributed by atoms with Gasteiger partial charge in [0.2, 0.25) is 0 Å². The minimum absolute atomic E-state index is 0.0319. The van der Waals surface area contributed by atoms with E-state index in [1.54, 1.807) is 23.1 Å². The number of nitrogens with zero attached hydrogens (tertiary/aromatic N) is 2. The number of benzene rings is 2. The van der Waals surface area contributed by atoms with Gasteiger partial charge >= 0.3 is 5.97 Å². The number of aliphatic imine (C=N–C) groups is 1. The summed E-state index contributed by atoms with van der Waals surface area (Å²) in [5, 5.41) is 9.68. The van der Waals surface area contributed by atoms with Crippen molar-refractivity contribution in [2.45, 2.75) is 33.2 Å². The molecule has 0 saturated carbocycles. The van der Waals surface area contributed by atoms with Crippen LogP contribution in [0.2, 0.25) is 0 Å². The highest BCUT2D eigenvalue weighted by atomic mass is 32.2. The van der Waals surface area contributed by atoms with E-state index >= 15 is 0 Å². The van der Waals surface area contributed by atoms with Crippen LogP contribution < -0.4 is 0 Å². The van der Waals surface area contributed by atoms with Gasteiger partial charge in [-0.25, -0.2) is 9.79 Å². The van der Waals surface area contributed by atoms with Crippen LogP contribution in [-0.2, 0) is 4.79 Å². The Kier molecular flexibility index (Phi) is 5.99. The molecule has 5 nitrogen and oxygen atoms in total. The van der Waals surface area contributed by atoms with Crippen molar-refractivity contribution < 1.29 is 14.7 Å². The van der Waals surface area contributed by atoms with E-state index < -0.39 is 5.97 Å². The summed E-state index contributed by atoms with van der Waals surface area (Å²) >= 11 is 1.35. The number of rotatable bonds is 5. The van der Waals surface area contributed by atoms with Gasteiger partial charge in [0.05, 0.1) is 16.2 Å². The van der Waals surface area contributed by atoms with Gasteiger partial charge < -0.3 is 5.11 Å². The predicted molar refractivity (Wildman–Crippen MR) is 114 cm³/mol. The largest absolute Gasteiger partial charge is 0.478 e. The van der Waals surface area contributed by atoms with Crippen LogP contribution in [0.4, 0.5) is 5.69 Å². The second-order valence-corrected chi connectivity index (χ2v) is 7.71. The average Bonchev–Trinajstić information content (AvgIpc) is 2.98. The lowest BCUT2D eigenvalue weighted by Gasteiger charge is -2.22. The Labute approximate surface area is 168 Å². The molecule has 2 aromatic rings. The van der Waals surface area contributed by atoms with Crippen molar-refractivity contribution in [1.82, 2.24) is 4.90 Å². The van der Waals surface area contributed by atoms with Crippen LogP contribution in [0.15, 0.2) is 58.4 Å². The van der Waals surface area contributed by atoms with Gasteiger partial charge in [0.15, 0.2) is 5.17 Å². The van der Waals surface area contributed by atoms with E-state index in [0.29, 0.717) is 10.1 Å². The van der Waals surface area contributed by atoms with Gasteiger partial charge in [0.1, 0.15) is 0 Å². The van der Waals surface area contributed by atoms with Crippen molar-refractivity contribution in [3.8, 4) is 0 Å². The number of carbonyl (C=O) groups is 2. The van der Waals surface area contributed by atoms with Crippen LogP contribution in [0.25, 0.3) is 6.08 Å². The second kappa shape index (κ2) is 8.44. The van der Waals surface area contributed by atoms with Crippen LogP contribution >= 0.6 is 11.8 Å². The molecular formula is C22H22N2O3S. The van der Waals surface area contributed by atoms with Gasteiger partial charge in [0, 0.05) is 6.04 Å². The van der Waals surface area contributed by atoms with Crippen LogP contribution in [-0.4, -0.2) is 33.1 Å². The third kappa shape index (κ3) is 4.34. The Bertz CT molecular complexity index is 947. The van der Waals surface area contributed by atoms with Crippen molar-refractivity contribution in [2.75, 3.05) is 0 Å². The molecule has 1 fully saturated rings. The zero-order valence-electron chi connectivity index (χ0n) is 16.0. The summed E-state index contributed by atoms with van der Waals surface area (Å²) in [6.45, 7) is 6.07. The summed E-state index contributed by atoms with van der Waals surface area (Å²) in [5.41, 5.74) is 2.96. The molecule has 1 atom stereocenters. The lowest BCUT2D eigenvalue weighted by molar-refractivity contribution is -0.123. The molecule has 6 heteroatoms. The van der Waals surface area contributed by atoms with Crippen LogP contribution in [0, 0.1) is 6.92 Å². The van der Waals surface area contributed by atoms with Crippen molar-refractivity contribution in [3.63, 3.8) is 0 Å². The second-order valence-electron chi connectivity index (χ2n) is 6.70. The lowest BCUT2D eigenvalue weighted by Crippen LogP contribution is -2.36. The molecule has 0 radical (unpaired) electrons. The number of hydrogen-bond acceptors (Lipinski definition) is 4. The van der Waals surface area contributed by atoms with E-state index in [2.05, 4.69) is 0 Å². The standard InChI is InChI=1S/C22H22N2O3S/c1-4-15(3)24-20(25)19(13-16-7-9-17(10-8-16)21(26)27)28-22(24)23-18-11-5-14(2)6-12-18/h5-13,15H,4H2,1-3H3,(H,26,27)/b19-13+,23-22?/t15-/m0/s1. The summed E-state index contributed by atoms with van der Waals surface area (Å²) in [4.78, 5) is 31.0. The summed E-state index contributed by atoms with van der Waals surface area (Å²) in [7, 11) is 0. The summed E-state index contributed by atoms with van der Waals surface area (Å²) in [6, 6.07) is 14.4. The quantitative estimate of drug-likeness (QED) is 0.717. The van der Waals surface area contributed by atoms with E-state index in [-0.39, 0.29) is 17.5 Å². The fourth-order valence-corrected chi connectivity index (χ4v) is 3.83. The van der Waals surface area contributed by atoms with Crippen molar-refractivity contribution in [2.24, 2.45) is 4.99 Å². The van der Waals surface area contributed by atoms with Gasteiger partial charge in [-0.1, -0.05) is 36.8 Å². The third-order valence-electron chi connectivity index (χ3n) is 4.58. The maximum atomic E-state index is 13.0. The van der Waals surface area contributed by atoms with Crippen LogP contribution in [0.5, 0.6) is 0 Å². The maximum absolute atomic E-state index is 13.0. The van der Waals surface area contributed by atoms with Crippen LogP contribution in [0.3, 0.4) is 0 Å². The molecule has 1 heterocycles. The summed E-state index contributed by atoms with van der Waals surface area (Å²) < 4.78 is 0. The van der Waals surface area contributed by atoms with Gasteiger partial charge in [-0.3, -0.25) is 9.69 Å². The van der Waals surface area contributed by atoms with Crippen molar-refractivity contribution >= 4 is 40.6 Å². The number of aromatic carboxylic acids is 1. The van der Waals surface area contributed by atoms with Gasteiger partial charge in [-0.2, -0.15) is 0 Å². The highest BCUT2D eigenvalue weighted by Gasteiger charge is 2.36. The zero-order valence-corrected chi connectivity index (χ0v) is 16.9. The Hall–Kier alpha value is -2.86. The Morgan fingerprint density at radius 1 is 1.18 bits per heavy atom. The number of amidine groups is 1. The van der Waals surface area contributed by atoms with E-state index in [1.807, 2.05) is 45.0 Å². The molecule has 3 rings (SSSR count). The Morgan fingerprint density at radius 3 is 2.39 bits per heavy atom. The van der Waals surface area contributed by atoms with E-state index in [9.17, 15) is 9.59 Å². The molecule has 28 heavy (non-hydrogen) atoms. The van der Waals surface area contributed by atoms with E-state index in [1.165, 1.54) is 23.9 Å². The molecule has 144 valence electrons. The Balaban J connectivity index is 1.94. The molecule has 0 bridgehead atoms. The minimum Gasteiger partial charge on any atom is -0.478 e. The fraction of sp³-hybridized carbons (Fsp3) is 0.227. The molecule has 1 saturated heterocycles. The van der Waals surface area contributed by atoms with Crippen LogP contribution in [0.1, 0.15) is 41.8 Å². The molecule has 0 aliphatic carbocycles. The first-order chi connectivity index (χ1) is 13.4. The number of amides is 1. The molecule has 0 spiro atoms. The minimum atomic E-state index is -0.971. The lowest BCUT2D eigenvalue weighted by atomic mass is 10.1. The van der Waals surface area contributed by atoms with Gasteiger partial charge in [-0.15, -0.1) is 0 Å². The van der Waals surface area contributed by atoms with Crippen molar-refractivity contribution in [1.29, 1.82) is 0 Å². The zero-order chi connectivity index (χ0) is 20.3. The molecule has 1 aliphatic rings. The summed E-state index contributed by atoms with van der Waals surface area (Å²) in [5.74, 6) is -1.05. The number of carbonyl (C=O) groups excluding carboxylic acids is 1. The number of carboxylic acids is 1. The first kappa shape index (κ1) is 19.9. The number of carboxylic acid groups (broad SMARTS) is 1. The maximum Gasteiger partial charge on any atom is 0.335 e. The number of aryl methyl sites for hydroxylation is 1. The van der Waals surface area contributed by atoms with E-state index in [4.69, 9.17) is 10.1 Å². The first-order valence-corrected chi connectivity index (χ1v) is 9.92. The molecular weight excluding hydrogens is 372 g/mol. The summed E-state index contributed by atoms with van der Waals surface area (Å²) in [6.07, 6.45) is 2.60. The number of thioether (sulfide) groups is 1. The van der Waals surface area contributed by atoms with Gasteiger partial charge in [0.25, 0.3) is 5.91 Å². The SMILES string of the molecule is CC[C@H](C)N1C(=O)/C(=C\c2ccc(C(=O)O)cc2)SC1=Nc1ccc(C)cc1. The molecule has 1 N–H and O–H groups in total. The predicted octanol–water partition coefficient (Wildman–Crippen LogP) is 5.10. The normalized spacial score (nSPS) is 18.1. The highest BCUT2D eigenvalue weighted by Crippen LogP contribution is 2.36. The molecule has 0 unspecified atom stereocenters. The monoisotopic (exact) mass is 394 g/mol. The topological polar surface area (TPSA) is 70.0 Å². The smallest absolute Gasteiger partial charge is 0.335 e. The fourth-order valence-electron chi connectivity index (χ4n) is 2.74.